The molecule has 3 heterocycles. The van der Waals surface area contributed by atoms with Gasteiger partial charge < -0.3 is 10.2 Å². The monoisotopic (exact) mass is 336 g/mol. The standard InChI is InChI=1S/C15H15F3N6/c1-9-6-10(15(16,17)18)7-11-12(9)21-13(14-22-20-8-24(11)14)23-4-2-19-3-5-23/h6-8,19H,2-5H2,1H3. The van der Waals surface area contributed by atoms with Gasteiger partial charge in [-0.1, -0.05) is 0 Å². The smallest absolute Gasteiger partial charge is 0.351 e. The minimum absolute atomic E-state index is 0.362. The highest BCUT2D eigenvalue weighted by molar-refractivity contribution is 5.86. The van der Waals surface area contributed by atoms with Gasteiger partial charge in [0.2, 0.25) is 5.65 Å². The van der Waals surface area contributed by atoms with Crippen molar-refractivity contribution in [1.29, 1.82) is 0 Å². The Morgan fingerprint density at radius 3 is 2.62 bits per heavy atom. The lowest BCUT2D eigenvalue weighted by atomic mass is 10.1. The zero-order valence-electron chi connectivity index (χ0n) is 12.9. The van der Waals surface area contributed by atoms with Crippen LogP contribution < -0.4 is 10.2 Å². The summed E-state index contributed by atoms with van der Waals surface area (Å²) in [5, 5.41) is 11.2. The Kier molecular flexibility index (Phi) is 3.34. The van der Waals surface area contributed by atoms with Crippen molar-refractivity contribution in [1.82, 2.24) is 24.9 Å². The Morgan fingerprint density at radius 2 is 1.92 bits per heavy atom. The van der Waals surface area contributed by atoms with E-state index >= 15 is 0 Å². The van der Waals surface area contributed by atoms with E-state index in [9.17, 15) is 13.2 Å². The summed E-state index contributed by atoms with van der Waals surface area (Å²) in [5.41, 5.74) is 1.15. The van der Waals surface area contributed by atoms with E-state index in [1.807, 2.05) is 0 Å². The first-order chi connectivity index (χ1) is 11.4. The summed E-state index contributed by atoms with van der Waals surface area (Å²) in [6.07, 6.45) is -2.97. The fourth-order valence-corrected chi connectivity index (χ4v) is 3.06. The lowest BCUT2D eigenvalue weighted by molar-refractivity contribution is -0.137. The van der Waals surface area contributed by atoms with Gasteiger partial charge in [0, 0.05) is 26.2 Å². The number of aryl methyl sites for hydroxylation is 1. The first-order valence-corrected chi connectivity index (χ1v) is 7.62. The average molecular weight is 336 g/mol. The molecule has 9 heteroatoms. The number of benzene rings is 1. The highest BCUT2D eigenvalue weighted by Crippen LogP contribution is 2.34. The normalized spacial score (nSPS) is 16.2. The van der Waals surface area contributed by atoms with Crippen LogP contribution >= 0.6 is 0 Å². The Hall–Kier alpha value is -2.42. The van der Waals surface area contributed by atoms with Crippen molar-refractivity contribution >= 4 is 22.5 Å². The van der Waals surface area contributed by atoms with E-state index in [-0.39, 0.29) is 0 Å². The molecule has 1 aliphatic rings. The van der Waals surface area contributed by atoms with Crippen molar-refractivity contribution in [3.63, 3.8) is 0 Å². The first kappa shape index (κ1) is 15.1. The zero-order valence-corrected chi connectivity index (χ0v) is 12.9. The number of hydrogen-bond donors (Lipinski definition) is 1. The average Bonchev–Trinajstić information content (AvgIpc) is 3.04. The fraction of sp³-hybridized carbons (Fsp3) is 0.400. The second-order valence-corrected chi connectivity index (χ2v) is 5.86. The van der Waals surface area contributed by atoms with Crippen LogP contribution in [0.1, 0.15) is 11.1 Å². The van der Waals surface area contributed by atoms with Crippen LogP contribution in [0, 0.1) is 6.92 Å². The van der Waals surface area contributed by atoms with Crippen LogP contribution in [-0.4, -0.2) is 45.8 Å². The topological polar surface area (TPSA) is 58.4 Å². The molecule has 1 N–H and O–H groups in total. The maximum absolute atomic E-state index is 13.1. The van der Waals surface area contributed by atoms with E-state index in [2.05, 4.69) is 25.4 Å². The van der Waals surface area contributed by atoms with Crippen molar-refractivity contribution in [2.24, 2.45) is 0 Å². The number of alkyl halides is 3. The summed E-state index contributed by atoms with van der Waals surface area (Å²) < 4.78 is 40.9. The third kappa shape index (κ3) is 2.35. The van der Waals surface area contributed by atoms with Crippen molar-refractivity contribution in [3.8, 4) is 0 Å². The van der Waals surface area contributed by atoms with Gasteiger partial charge in [0.15, 0.2) is 5.82 Å². The number of fused-ring (bicyclic) bond motifs is 3. The number of aromatic nitrogens is 4. The van der Waals surface area contributed by atoms with Gasteiger partial charge in [-0.2, -0.15) is 13.2 Å². The molecule has 0 radical (unpaired) electrons. The summed E-state index contributed by atoms with van der Waals surface area (Å²) in [6, 6.07) is 2.24. The molecule has 4 rings (SSSR count). The van der Waals surface area contributed by atoms with E-state index in [4.69, 9.17) is 0 Å². The lowest BCUT2D eigenvalue weighted by Gasteiger charge is -2.28. The van der Waals surface area contributed by atoms with Gasteiger partial charge in [-0.25, -0.2) is 4.98 Å². The molecule has 6 nitrogen and oxygen atoms in total. The molecule has 1 fully saturated rings. The largest absolute Gasteiger partial charge is 0.416 e. The van der Waals surface area contributed by atoms with Gasteiger partial charge in [0.1, 0.15) is 6.33 Å². The van der Waals surface area contributed by atoms with Crippen LogP contribution in [0.4, 0.5) is 19.0 Å². The van der Waals surface area contributed by atoms with E-state index in [0.717, 1.165) is 38.3 Å². The van der Waals surface area contributed by atoms with Gasteiger partial charge in [0.05, 0.1) is 16.6 Å². The number of anilines is 1. The predicted octanol–water partition coefficient (Wildman–Crippen LogP) is 2.01. The summed E-state index contributed by atoms with van der Waals surface area (Å²) >= 11 is 0. The number of hydrogen-bond acceptors (Lipinski definition) is 5. The summed E-state index contributed by atoms with van der Waals surface area (Å²) in [5.74, 6) is 0.657. The molecule has 0 bridgehead atoms. The maximum Gasteiger partial charge on any atom is 0.416 e. The van der Waals surface area contributed by atoms with Crippen LogP contribution in [0.25, 0.3) is 16.7 Å². The molecule has 1 aromatic carbocycles. The summed E-state index contributed by atoms with van der Waals surface area (Å²) in [4.78, 5) is 6.71. The van der Waals surface area contributed by atoms with E-state index in [1.54, 1.807) is 11.3 Å². The molecule has 2 aromatic heterocycles. The van der Waals surface area contributed by atoms with Crippen molar-refractivity contribution < 1.29 is 13.2 Å². The van der Waals surface area contributed by atoms with Gasteiger partial charge in [-0.3, -0.25) is 4.40 Å². The van der Waals surface area contributed by atoms with Crippen molar-refractivity contribution in [3.05, 3.63) is 29.6 Å². The third-order valence-corrected chi connectivity index (χ3v) is 4.25. The second-order valence-electron chi connectivity index (χ2n) is 5.86. The first-order valence-electron chi connectivity index (χ1n) is 7.62. The van der Waals surface area contributed by atoms with E-state index < -0.39 is 11.7 Å². The summed E-state index contributed by atoms with van der Waals surface area (Å²) in [6.45, 7) is 4.82. The third-order valence-electron chi connectivity index (χ3n) is 4.25. The van der Waals surface area contributed by atoms with E-state index in [1.165, 1.54) is 6.33 Å². The van der Waals surface area contributed by atoms with Gasteiger partial charge in [-0.05, 0) is 24.6 Å². The maximum atomic E-state index is 13.1. The van der Waals surface area contributed by atoms with Gasteiger partial charge >= 0.3 is 6.18 Å². The SMILES string of the molecule is Cc1cc(C(F)(F)F)cc2c1nc(N1CCNCC1)c1nncn12. The van der Waals surface area contributed by atoms with Crippen LogP contribution in [0.3, 0.4) is 0 Å². The molecule has 0 atom stereocenters. The number of halogens is 3. The van der Waals surface area contributed by atoms with Crippen LogP contribution in [0.2, 0.25) is 0 Å². The Labute approximate surface area is 135 Å². The quantitative estimate of drug-likeness (QED) is 0.737. The highest BCUT2D eigenvalue weighted by Gasteiger charge is 2.32. The molecule has 0 spiro atoms. The highest BCUT2D eigenvalue weighted by atomic mass is 19.4. The van der Waals surface area contributed by atoms with Crippen LogP contribution in [0.5, 0.6) is 0 Å². The van der Waals surface area contributed by atoms with Crippen LogP contribution in [0.15, 0.2) is 18.5 Å². The van der Waals surface area contributed by atoms with Crippen LogP contribution in [-0.2, 0) is 6.18 Å². The zero-order chi connectivity index (χ0) is 16.9. The molecule has 0 amide bonds. The minimum Gasteiger partial charge on any atom is -0.351 e. The lowest BCUT2D eigenvalue weighted by Crippen LogP contribution is -2.44. The molecule has 0 aliphatic carbocycles. The second kappa shape index (κ2) is 5.30. The summed E-state index contributed by atoms with van der Waals surface area (Å²) in [7, 11) is 0. The predicted molar refractivity (Wildman–Crippen MR) is 83.1 cm³/mol. The van der Waals surface area contributed by atoms with Gasteiger partial charge in [-0.15, -0.1) is 10.2 Å². The Balaban J connectivity index is 2.00. The molecule has 126 valence electrons. The number of piperazine rings is 1. The number of nitrogens with zero attached hydrogens (tertiary/aromatic N) is 5. The van der Waals surface area contributed by atoms with Crippen molar-refractivity contribution in [2.75, 3.05) is 31.1 Å². The Morgan fingerprint density at radius 1 is 1.17 bits per heavy atom. The molecular weight excluding hydrogens is 321 g/mol. The van der Waals surface area contributed by atoms with E-state index in [0.29, 0.717) is 28.1 Å². The number of nitrogens with one attached hydrogen (secondary N) is 1. The molecule has 1 aliphatic heterocycles. The Bertz CT molecular complexity index is 911. The molecule has 0 unspecified atom stereocenters. The molecule has 24 heavy (non-hydrogen) atoms. The number of rotatable bonds is 1. The molecular formula is C15H15F3N6. The molecule has 1 saturated heterocycles. The molecule has 3 aromatic rings. The van der Waals surface area contributed by atoms with Gasteiger partial charge in [0.25, 0.3) is 0 Å². The fourth-order valence-electron chi connectivity index (χ4n) is 3.06. The minimum atomic E-state index is -4.41. The molecule has 0 saturated carbocycles. The van der Waals surface area contributed by atoms with Crippen molar-refractivity contribution in [2.45, 2.75) is 13.1 Å².